The molecule has 10 nitrogen and oxygen atoms in total. The smallest absolute Gasteiger partial charge is 0.268 e. The number of carbonyl (C=O) groups excluding carboxylic acids is 1. The number of carbonyl (C=O) groups is 1. The number of nitrogens with zero attached hydrogens (tertiary/aromatic N) is 3. The third kappa shape index (κ3) is 5.46. The molecule has 0 fully saturated rings. The highest BCUT2D eigenvalue weighted by Crippen LogP contribution is 2.32. The minimum absolute atomic E-state index is 0.0196. The minimum atomic E-state index is -3.59. The molecule has 1 aromatic heterocycles. The molecule has 0 aliphatic carbocycles. The number of nitrogens with one attached hydrogen (secondary N) is 1. The zero-order valence-electron chi connectivity index (χ0n) is 17.1. The molecule has 0 spiro atoms. The SMILES string of the molecule is CS(=O)(=O)c1nsc(NC(=O)C(C#N)=Cc2ccc(OCc3ccc4c(c3)OCO4)cc2)n1. The highest BCUT2D eigenvalue weighted by molar-refractivity contribution is 7.90. The van der Waals surface area contributed by atoms with E-state index in [2.05, 4.69) is 14.7 Å². The first-order valence-electron chi connectivity index (χ1n) is 9.40. The standard InChI is InChI=1S/C21H16N4O6S2/c1-33(27,28)21-24-20(32-25-21)23-19(26)15(10-22)8-13-2-5-16(6-3-13)29-11-14-4-7-17-18(9-14)31-12-30-17/h2-9H,11-12H2,1H3,(H,23,24,25,26). The summed E-state index contributed by atoms with van der Waals surface area (Å²) in [6.07, 6.45) is 2.36. The second-order valence-electron chi connectivity index (χ2n) is 6.82. The van der Waals surface area contributed by atoms with E-state index in [-0.39, 0.29) is 22.7 Å². The fraction of sp³-hybridized carbons (Fsp3) is 0.143. The zero-order valence-corrected chi connectivity index (χ0v) is 18.8. The Morgan fingerprint density at radius 3 is 2.70 bits per heavy atom. The van der Waals surface area contributed by atoms with Crippen molar-refractivity contribution in [2.75, 3.05) is 18.4 Å². The van der Waals surface area contributed by atoms with Crippen molar-refractivity contribution in [2.24, 2.45) is 0 Å². The van der Waals surface area contributed by atoms with Crippen molar-refractivity contribution >= 4 is 38.5 Å². The van der Waals surface area contributed by atoms with Crippen LogP contribution in [-0.4, -0.2) is 36.7 Å². The van der Waals surface area contributed by atoms with Crippen LogP contribution >= 0.6 is 11.5 Å². The Morgan fingerprint density at radius 2 is 2.00 bits per heavy atom. The number of benzene rings is 2. The largest absolute Gasteiger partial charge is 0.489 e. The number of aromatic nitrogens is 2. The number of rotatable bonds is 7. The van der Waals surface area contributed by atoms with Gasteiger partial charge in [0.1, 0.15) is 24.0 Å². The molecule has 0 bridgehead atoms. The highest BCUT2D eigenvalue weighted by atomic mass is 32.2. The number of anilines is 1. The Hall–Kier alpha value is -3.95. The Balaban J connectivity index is 1.38. The normalized spacial score (nSPS) is 12.8. The van der Waals surface area contributed by atoms with Crippen LogP contribution in [0.3, 0.4) is 0 Å². The van der Waals surface area contributed by atoms with Crippen molar-refractivity contribution in [2.45, 2.75) is 11.8 Å². The van der Waals surface area contributed by atoms with E-state index in [9.17, 15) is 18.5 Å². The van der Waals surface area contributed by atoms with Gasteiger partial charge in [-0.3, -0.25) is 10.1 Å². The van der Waals surface area contributed by atoms with Crippen molar-refractivity contribution in [1.82, 2.24) is 9.36 Å². The summed E-state index contributed by atoms with van der Waals surface area (Å²) in [5, 5.41) is 11.3. The van der Waals surface area contributed by atoms with Crippen molar-refractivity contribution < 1.29 is 27.4 Å². The fourth-order valence-electron chi connectivity index (χ4n) is 2.75. The number of sulfone groups is 1. The zero-order chi connectivity index (χ0) is 23.4. The Kier molecular flexibility index (Phi) is 6.25. The summed E-state index contributed by atoms with van der Waals surface area (Å²) >= 11 is 0.711. The van der Waals surface area contributed by atoms with Crippen LogP contribution in [0, 0.1) is 11.3 Å². The molecule has 1 aliphatic rings. The van der Waals surface area contributed by atoms with Gasteiger partial charge >= 0.3 is 0 Å². The number of ether oxygens (including phenoxy) is 3. The molecule has 33 heavy (non-hydrogen) atoms. The monoisotopic (exact) mass is 484 g/mol. The molecule has 12 heteroatoms. The number of amides is 1. The summed E-state index contributed by atoms with van der Waals surface area (Å²) < 4.78 is 43.0. The molecule has 1 amide bonds. The molecule has 1 aliphatic heterocycles. The number of fused-ring (bicyclic) bond motifs is 1. The molecular weight excluding hydrogens is 468 g/mol. The second-order valence-corrected chi connectivity index (χ2v) is 9.48. The number of hydrogen-bond acceptors (Lipinski definition) is 10. The molecule has 2 heterocycles. The highest BCUT2D eigenvalue weighted by Gasteiger charge is 2.17. The Morgan fingerprint density at radius 1 is 1.24 bits per heavy atom. The van der Waals surface area contributed by atoms with Crippen LogP contribution in [0.1, 0.15) is 11.1 Å². The van der Waals surface area contributed by atoms with Crippen LogP contribution in [0.4, 0.5) is 5.13 Å². The molecule has 2 aromatic carbocycles. The summed E-state index contributed by atoms with van der Waals surface area (Å²) in [7, 11) is -3.59. The maximum atomic E-state index is 12.4. The molecule has 0 atom stereocenters. The molecule has 0 unspecified atom stereocenters. The summed E-state index contributed by atoms with van der Waals surface area (Å²) in [6, 6.07) is 14.2. The minimum Gasteiger partial charge on any atom is -0.489 e. The maximum Gasteiger partial charge on any atom is 0.268 e. The average molecular weight is 485 g/mol. The van der Waals surface area contributed by atoms with Gasteiger partial charge in [-0.05, 0) is 41.5 Å². The quantitative estimate of drug-likeness (QED) is 0.396. The first-order chi connectivity index (χ1) is 15.8. The van der Waals surface area contributed by atoms with Crippen molar-refractivity contribution in [3.8, 4) is 23.3 Å². The summed E-state index contributed by atoms with van der Waals surface area (Å²) in [6.45, 7) is 0.536. The van der Waals surface area contributed by atoms with Crippen LogP contribution in [0.2, 0.25) is 0 Å². The van der Waals surface area contributed by atoms with Gasteiger partial charge in [-0.1, -0.05) is 18.2 Å². The van der Waals surface area contributed by atoms with Crippen molar-refractivity contribution in [3.05, 3.63) is 59.2 Å². The van der Waals surface area contributed by atoms with E-state index in [0.717, 1.165) is 11.8 Å². The van der Waals surface area contributed by atoms with Crippen LogP contribution in [0.25, 0.3) is 6.08 Å². The van der Waals surface area contributed by atoms with Gasteiger partial charge in [0.05, 0.1) is 0 Å². The average Bonchev–Trinajstić information content (AvgIpc) is 3.45. The van der Waals surface area contributed by atoms with Crippen LogP contribution in [-0.2, 0) is 21.2 Å². The van der Waals surface area contributed by atoms with Gasteiger partial charge in [0.25, 0.3) is 11.1 Å². The van der Waals surface area contributed by atoms with E-state index in [0.29, 0.717) is 41.0 Å². The van der Waals surface area contributed by atoms with Gasteiger partial charge in [-0.25, -0.2) is 8.42 Å². The topological polar surface area (TPSA) is 140 Å². The third-order valence-electron chi connectivity index (χ3n) is 4.36. The van der Waals surface area contributed by atoms with Crippen LogP contribution < -0.4 is 19.5 Å². The van der Waals surface area contributed by atoms with Crippen LogP contribution in [0.15, 0.2) is 53.2 Å². The lowest BCUT2D eigenvalue weighted by Gasteiger charge is -2.07. The van der Waals surface area contributed by atoms with E-state index in [1.165, 1.54) is 6.08 Å². The molecule has 0 radical (unpaired) electrons. The first-order valence-corrected chi connectivity index (χ1v) is 12.1. The molecular formula is C21H16N4O6S2. The third-order valence-corrected chi connectivity index (χ3v) is 5.95. The molecule has 0 saturated carbocycles. The lowest BCUT2D eigenvalue weighted by molar-refractivity contribution is -0.112. The van der Waals surface area contributed by atoms with Gasteiger partial charge < -0.3 is 14.2 Å². The predicted octanol–water partition coefficient (Wildman–Crippen LogP) is 2.79. The van der Waals surface area contributed by atoms with Gasteiger partial charge in [0.2, 0.25) is 21.8 Å². The summed E-state index contributed by atoms with van der Waals surface area (Å²) in [4.78, 5) is 16.1. The molecule has 4 rings (SSSR count). The fourth-order valence-corrected chi connectivity index (χ4v) is 4.19. The van der Waals surface area contributed by atoms with E-state index in [4.69, 9.17) is 14.2 Å². The summed E-state index contributed by atoms with van der Waals surface area (Å²) in [5.41, 5.74) is 1.34. The van der Waals surface area contributed by atoms with Gasteiger partial charge in [-0.2, -0.15) is 14.6 Å². The van der Waals surface area contributed by atoms with Gasteiger partial charge in [-0.15, -0.1) is 0 Å². The van der Waals surface area contributed by atoms with Crippen LogP contribution in [0.5, 0.6) is 17.2 Å². The Labute approximate surface area is 193 Å². The van der Waals surface area contributed by atoms with Gasteiger partial charge in [0, 0.05) is 17.8 Å². The molecule has 0 saturated heterocycles. The molecule has 168 valence electrons. The van der Waals surface area contributed by atoms with Gasteiger partial charge in [0.15, 0.2) is 11.5 Å². The lowest BCUT2D eigenvalue weighted by atomic mass is 10.1. The van der Waals surface area contributed by atoms with E-state index < -0.39 is 15.7 Å². The Bertz CT molecular complexity index is 1370. The van der Waals surface area contributed by atoms with Crippen molar-refractivity contribution in [3.63, 3.8) is 0 Å². The predicted molar refractivity (Wildman–Crippen MR) is 119 cm³/mol. The number of hydrogen-bond donors (Lipinski definition) is 1. The maximum absolute atomic E-state index is 12.4. The van der Waals surface area contributed by atoms with E-state index in [1.807, 2.05) is 24.3 Å². The number of nitriles is 1. The van der Waals surface area contributed by atoms with E-state index >= 15 is 0 Å². The van der Waals surface area contributed by atoms with Crippen molar-refractivity contribution in [1.29, 1.82) is 5.26 Å². The molecule has 3 aromatic rings. The second kappa shape index (κ2) is 9.27. The van der Waals surface area contributed by atoms with E-state index in [1.54, 1.807) is 24.3 Å². The summed E-state index contributed by atoms with van der Waals surface area (Å²) in [5.74, 6) is 1.26. The first kappa shape index (κ1) is 22.3. The lowest BCUT2D eigenvalue weighted by Crippen LogP contribution is -2.13. The molecule has 1 N–H and O–H groups in total.